The van der Waals surface area contributed by atoms with Crippen molar-refractivity contribution in [3.05, 3.63) is 55.7 Å². The normalized spacial score (nSPS) is 16.9. The quantitative estimate of drug-likeness (QED) is 0.880. The van der Waals surface area contributed by atoms with Crippen LogP contribution in [0.4, 0.5) is 0 Å². The van der Waals surface area contributed by atoms with Gasteiger partial charge in [0.05, 0.1) is 6.10 Å². The van der Waals surface area contributed by atoms with Gasteiger partial charge in [0.2, 0.25) is 0 Å². The second-order valence-electron chi connectivity index (χ2n) is 5.29. The number of rotatable bonds is 4. The van der Waals surface area contributed by atoms with Gasteiger partial charge in [-0.15, -0.1) is 11.3 Å². The summed E-state index contributed by atoms with van der Waals surface area (Å²) in [6.07, 6.45) is 3.07. The highest BCUT2D eigenvalue weighted by Crippen LogP contribution is 2.39. The van der Waals surface area contributed by atoms with Crippen LogP contribution in [0.5, 0.6) is 0 Å². The van der Waals surface area contributed by atoms with Gasteiger partial charge in [-0.25, -0.2) is 0 Å². The van der Waals surface area contributed by atoms with E-state index in [-0.39, 0.29) is 5.92 Å². The van der Waals surface area contributed by atoms with Crippen molar-refractivity contribution in [3.8, 4) is 0 Å². The molecule has 0 fully saturated rings. The predicted octanol–water partition coefficient (Wildman–Crippen LogP) is 3.78. The Balaban J connectivity index is 1.86. The monoisotopic (exact) mass is 351 g/mol. The van der Waals surface area contributed by atoms with E-state index in [1.165, 1.54) is 16.9 Å². The molecule has 1 aliphatic rings. The molecule has 0 bridgehead atoms. The third-order valence-electron chi connectivity index (χ3n) is 3.99. The molecule has 0 aliphatic heterocycles. The molecule has 0 spiro atoms. The van der Waals surface area contributed by atoms with Gasteiger partial charge in [-0.05, 0) is 48.6 Å². The van der Waals surface area contributed by atoms with Gasteiger partial charge < -0.3 is 10.8 Å². The van der Waals surface area contributed by atoms with Crippen LogP contribution in [0.2, 0.25) is 0 Å². The molecule has 0 amide bonds. The van der Waals surface area contributed by atoms with Crippen molar-refractivity contribution in [2.24, 2.45) is 5.73 Å². The Kier molecular flexibility index (Phi) is 4.26. The SMILES string of the molecule is NCC(c1ccc(Br)cc1)C(O)c1cc2c(s1)CCC2. The summed E-state index contributed by atoms with van der Waals surface area (Å²) in [4.78, 5) is 2.51. The van der Waals surface area contributed by atoms with Gasteiger partial charge in [-0.1, -0.05) is 28.1 Å². The largest absolute Gasteiger partial charge is 0.387 e. The molecule has 2 unspecified atom stereocenters. The lowest BCUT2D eigenvalue weighted by Gasteiger charge is -2.21. The number of halogens is 1. The number of fused-ring (bicyclic) bond motifs is 1. The van der Waals surface area contributed by atoms with Crippen LogP contribution >= 0.6 is 27.3 Å². The summed E-state index contributed by atoms with van der Waals surface area (Å²) in [7, 11) is 0. The number of aliphatic hydroxyl groups is 1. The van der Waals surface area contributed by atoms with Gasteiger partial charge in [0, 0.05) is 26.7 Å². The van der Waals surface area contributed by atoms with Crippen molar-refractivity contribution in [1.29, 1.82) is 0 Å². The zero-order valence-electron chi connectivity index (χ0n) is 11.2. The zero-order chi connectivity index (χ0) is 14.1. The van der Waals surface area contributed by atoms with Crippen molar-refractivity contribution < 1.29 is 5.11 Å². The lowest BCUT2D eigenvalue weighted by atomic mass is 9.92. The van der Waals surface area contributed by atoms with Crippen LogP contribution in [0.1, 0.15) is 39.3 Å². The molecule has 3 rings (SSSR count). The van der Waals surface area contributed by atoms with Gasteiger partial charge in [0.25, 0.3) is 0 Å². The van der Waals surface area contributed by atoms with Crippen molar-refractivity contribution in [2.75, 3.05) is 6.54 Å². The van der Waals surface area contributed by atoms with E-state index in [1.54, 1.807) is 11.3 Å². The molecule has 2 atom stereocenters. The fourth-order valence-corrected chi connectivity index (χ4v) is 4.43. The summed E-state index contributed by atoms with van der Waals surface area (Å²) in [5.41, 5.74) is 8.43. The molecule has 1 aromatic heterocycles. The van der Waals surface area contributed by atoms with Crippen molar-refractivity contribution in [3.63, 3.8) is 0 Å². The summed E-state index contributed by atoms with van der Waals surface area (Å²) in [5, 5.41) is 10.7. The fraction of sp³-hybridized carbons (Fsp3) is 0.375. The van der Waals surface area contributed by atoms with Gasteiger partial charge >= 0.3 is 0 Å². The second-order valence-corrected chi connectivity index (χ2v) is 7.37. The minimum Gasteiger partial charge on any atom is -0.387 e. The molecule has 1 aromatic carbocycles. The van der Waals surface area contributed by atoms with E-state index in [9.17, 15) is 5.11 Å². The smallest absolute Gasteiger partial charge is 0.0962 e. The lowest BCUT2D eigenvalue weighted by molar-refractivity contribution is 0.151. The molecule has 2 aromatic rings. The van der Waals surface area contributed by atoms with Gasteiger partial charge in [-0.2, -0.15) is 0 Å². The first-order chi connectivity index (χ1) is 9.69. The van der Waals surface area contributed by atoms with Crippen molar-refractivity contribution in [2.45, 2.75) is 31.3 Å². The first-order valence-electron chi connectivity index (χ1n) is 6.94. The highest BCUT2D eigenvalue weighted by atomic mass is 79.9. The average molecular weight is 352 g/mol. The Hall–Kier alpha value is -0.680. The molecule has 4 heteroatoms. The van der Waals surface area contributed by atoms with Gasteiger partial charge in [-0.3, -0.25) is 0 Å². The molecule has 0 saturated carbocycles. The maximum atomic E-state index is 10.7. The Morgan fingerprint density at radius 1 is 1.25 bits per heavy atom. The first kappa shape index (κ1) is 14.3. The van der Waals surface area contributed by atoms with E-state index in [0.29, 0.717) is 6.54 Å². The van der Waals surface area contributed by atoms with Gasteiger partial charge in [0.1, 0.15) is 0 Å². The van der Waals surface area contributed by atoms with Gasteiger partial charge in [0.15, 0.2) is 0 Å². The number of nitrogens with two attached hydrogens (primary N) is 1. The molecule has 1 aliphatic carbocycles. The van der Waals surface area contributed by atoms with E-state index >= 15 is 0 Å². The number of aryl methyl sites for hydroxylation is 2. The van der Waals surface area contributed by atoms with E-state index in [1.807, 2.05) is 24.3 Å². The van der Waals surface area contributed by atoms with Crippen LogP contribution < -0.4 is 5.73 Å². The van der Waals surface area contributed by atoms with Crippen LogP contribution in [0.25, 0.3) is 0 Å². The summed E-state index contributed by atoms with van der Waals surface area (Å²) in [6.45, 7) is 0.450. The Morgan fingerprint density at radius 2 is 2.00 bits per heavy atom. The Labute approximate surface area is 131 Å². The van der Waals surface area contributed by atoms with E-state index in [4.69, 9.17) is 5.73 Å². The van der Waals surface area contributed by atoms with E-state index < -0.39 is 6.10 Å². The van der Waals surface area contributed by atoms with Crippen LogP contribution in [0, 0.1) is 0 Å². The molecule has 0 radical (unpaired) electrons. The van der Waals surface area contributed by atoms with Crippen molar-refractivity contribution >= 4 is 27.3 Å². The number of thiophene rings is 1. The van der Waals surface area contributed by atoms with Crippen LogP contribution in [0.3, 0.4) is 0 Å². The topological polar surface area (TPSA) is 46.2 Å². The Morgan fingerprint density at radius 3 is 2.65 bits per heavy atom. The zero-order valence-corrected chi connectivity index (χ0v) is 13.6. The molecule has 0 saturated heterocycles. The first-order valence-corrected chi connectivity index (χ1v) is 8.55. The standard InChI is InChI=1S/C16H18BrNOS/c17-12-6-4-10(5-7-12)13(9-18)16(19)15-8-11-2-1-3-14(11)20-15/h4-8,13,16,19H,1-3,9,18H2. The third-order valence-corrected chi connectivity index (χ3v) is 5.83. The minimum atomic E-state index is -0.503. The average Bonchev–Trinajstić information content (AvgIpc) is 3.02. The molecule has 106 valence electrons. The summed E-state index contributed by atoms with van der Waals surface area (Å²) in [5.74, 6) is -0.0399. The number of hydrogen-bond donors (Lipinski definition) is 2. The third kappa shape index (κ3) is 2.70. The molecular formula is C16H18BrNOS. The van der Waals surface area contributed by atoms with Crippen molar-refractivity contribution in [1.82, 2.24) is 0 Å². The maximum Gasteiger partial charge on any atom is 0.0962 e. The molecule has 3 N–H and O–H groups in total. The minimum absolute atomic E-state index is 0.0399. The van der Waals surface area contributed by atoms with E-state index in [2.05, 4.69) is 22.0 Å². The van der Waals surface area contributed by atoms with Crippen LogP contribution in [0.15, 0.2) is 34.8 Å². The maximum absolute atomic E-state index is 10.7. The highest BCUT2D eigenvalue weighted by molar-refractivity contribution is 9.10. The predicted molar refractivity (Wildman–Crippen MR) is 87.2 cm³/mol. The molecule has 1 heterocycles. The number of hydrogen-bond acceptors (Lipinski definition) is 3. The van der Waals surface area contributed by atoms with Crippen LogP contribution in [-0.4, -0.2) is 11.7 Å². The number of benzene rings is 1. The highest BCUT2D eigenvalue weighted by Gasteiger charge is 2.25. The molecule has 20 heavy (non-hydrogen) atoms. The molecule has 2 nitrogen and oxygen atoms in total. The summed E-state index contributed by atoms with van der Waals surface area (Å²) < 4.78 is 1.04. The second kappa shape index (κ2) is 5.98. The summed E-state index contributed by atoms with van der Waals surface area (Å²) in [6, 6.07) is 10.2. The van der Waals surface area contributed by atoms with Crippen LogP contribution in [-0.2, 0) is 12.8 Å². The lowest BCUT2D eigenvalue weighted by Crippen LogP contribution is -2.19. The van der Waals surface area contributed by atoms with E-state index in [0.717, 1.165) is 27.8 Å². The number of aliphatic hydroxyl groups excluding tert-OH is 1. The molecular weight excluding hydrogens is 334 g/mol. The fourth-order valence-electron chi connectivity index (χ4n) is 2.85. The Bertz CT molecular complexity index is 572. The summed E-state index contributed by atoms with van der Waals surface area (Å²) >= 11 is 5.19.